The Hall–Kier alpha value is -0.160. The van der Waals surface area contributed by atoms with Crippen LogP contribution in [0.15, 0.2) is 0 Å². The van der Waals surface area contributed by atoms with Crippen molar-refractivity contribution < 1.29 is 0 Å². The Kier molecular flexibility index (Phi) is 15.2. The second-order valence-corrected chi connectivity index (χ2v) is 6.98. The predicted octanol–water partition coefficient (Wildman–Crippen LogP) is 2.51. The van der Waals surface area contributed by atoms with Crippen LogP contribution in [0.25, 0.3) is 0 Å². The molecule has 0 aromatic carbocycles. The first-order valence-corrected chi connectivity index (χ1v) is 10.3. The van der Waals surface area contributed by atoms with Gasteiger partial charge in [0.25, 0.3) is 0 Å². The highest BCUT2D eigenvalue weighted by Gasteiger charge is 2.10. The summed E-state index contributed by atoms with van der Waals surface area (Å²) >= 11 is 0. The molecule has 1 aliphatic carbocycles. The van der Waals surface area contributed by atoms with Gasteiger partial charge in [-0.05, 0) is 90.4 Å². The zero-order valence-electron chi connectivity index (χ0n) is 15.6. The van der Waals surface area contributed by atoms with Crippen LogP contribution in [0, 0.1) is 5.92 Å². The van der Waals surface area contributed by atoms with Gasteiger partial charge in [0.15, 0.2) is 0 Å². The molecule has 4 N–H and O–H groups in total. The number of nitrogens with one attached hydrogen (secondary N) is 4. The zero-order chi connectivity index (χ0) is 16.4. The molecule has 138 valence electrons. The van der Waals surface area contributed by atoms with Gasteiger partial charge in [0.1, 0.15) is 0 Å². The molecule has 0 aliphatic heterocycles. The molecular weight excluding hydrogens is 284 g/mol. The largest absolute Gasteiger partial charge is 0.317 e. The molecule has 0 spiro atoms. The van der Waals surface area contributed by atoms with Crippen molar-refractivity contribution in [1.29, 1.82) is 0 Å². The zero-order valence-corrected chi connectivity index (χ0v) is 15.6. The first kappa shape index (κ1) is 20.9. The molecule has 1 aliphatic rings. The van der Waals surface area contributed by atoms with E-state index in [1.165, 1.54) is 70.9 Å². The van der Waals surface area contributed by atoms with Crippen LogP contribution >= 0.6 is 0 Å². The molecule has 0 unspecified atom stereocenters. The fourth-order valence-electron chi connectivity index (χ4n) is 3.32. The summed E-state index contributed by atoms with van der Waals surface area (Å²) in [4.78, 5) is 0. The van der Waals surface area contributed by atoms with Crippen molar-refractivity contribution in [2.24, 2.45) is 5.92 Å². The number of hydrogen-bond donors (Lipinski definition) is 4. The molecule has 0 heterocycles. The molecule has 1 rings (SSSR count). The van der Waals surface area contributed by atoms with E-state index in [1.54, 1.807) is 0 Å². The van der Waals surface area contributed by atoms with Crippen molar-refractivity contribution >= 4 is 0 Å². The van der Waals surface area contributed by atoms with Crippen molar-refractivity contribution in [1.82, 2.24) is 21.3 Å². The monoisotopic (exact) mass is 326 g/mol. The van der Waals surface area contributed by atoms with Crippen LogP contribution < -0.4 is 21.3 Å². The average molecular weight is 327 g/mol. The van der Waals surface area contributed by atoms with Gasteiger partial charge in [-0.3, -0.25) is 0 Å². The molecule has 0 amide bonds. The van der Waals surface area contributed by atoms with E-state index in [9.17, 15) is 0 Å². The Morgan fingerprint density at radius 3 is 1.61 bits per heavy atom. The summed E-state index contributed by atoms with van der Waals surface area (Å²) in [5.74, 6) is 0.948. The quantitative estimate of drug-likeness (QED) is 0.276. The van der Waals surface area contributed by atoms with Crippen LogP contribution in [0.4, 0.5) is 0 Å². The molecule has 23 heavy (non-hydrogen) atoms. The van der Waals surface area contributed by atoms with Crippen LogP contribution in [0.3, 0.4) is 0 Å². The lowest BCUT2D eigenvalue weighted by molar-refractivity contribution is 0.422. The minimum absolute atomic E-state index is 0.948. The first-order valence-electron chi connectivity index (χ1n) is 10.3. The van der Waals surface area contributed by atoms with Crippen molar-refractivity contribution in [2.75, 3.05) is 52.4 Å². The molecule has 0 aromatic heterocycles. The average Bonchev–Trinajstić information content (AvgIpc) is 2.84. The molecule has 0 radical (unpaired) electrons. The predicted molar refractivity (Wildman–Crippen MR) is 102 cm³/mol. The summed E-state index contributed by atoms with van der Waals surface area (Å²) in [6.45, 7) is 11.4. The van der Waals surface area contributed by atoms with Gasteiger partial charge in [-0.1, -0.05) is 32.6 Å². The molecule has 1 saturated carbocycles. The van der Waals surface area contributed by atoms with E-state index in [-0.39, 0.29) is 0 Å². The highest BCUT2D eigenvalue weighted by molar-refractivity contribution is 4.67. The summed E-state index contributed by atoms with van der Waals surface area (Å²) < 4.78 is 0. The van der Waals surface area contributed by atoms with Crippen molar-refractivity contribution in [3.8, 4) is 0 Å². The van der Waals surface area contributed by atoms with E-state index in [4.69, 9.17) is 0 Å². The second kappa shape index (κ2) is 16.7. The van der Waals surface area contributed by atoms with Crippen molar-refractivity contribution in [2.45, 2.75) is 64.7 Å². The third-order valence-corrected chi connectivity index (χ3v) is 4.78. The fourth-order valence-corrected chi connectivity index (χ4v) is 3.32. The van der Waals surface area contributed by atoms with E-state index in [0.717, 1.165) is 45.2 Å². The van der Waals surface area contributed by atoms with Gasteiger partial charge in [0, 0.05) is 0 Å². The summed E-state index contributed by atoms with van der Waals surface area (Å²) in [7, 11) is 0. The van der Waals surface area contributed by atoms with E-state index in [0.29, 0.717) is 0 Å². The summed E-state index contributed by atoms with van der Waals surface area (Å²) in [5.41, 5.74) is 0. The SMILES string of the molecule is CCNCCCNCCCNCCCNCC1CCCCCC1. The van der Waals surface area contributed by atoms with Gasteiger partial charge in [-0.25, -0.2) is 0 Å². The van der Waals surface area contributed by atoms with E-state index in [1.807, 2.05) is 0 Å². The van der Waals surface area contributed by atoms with Gasteiger partial charge in [-0.15, -0.1) is 0 Å². The summed E-state index contributed by atoms with van der Waals surface area (Å²) in [6, 6.07) is 0. The molecular formula is C19H42N4. The standard InChI is InChI=1S/C19H42N4/c1-2-20-12-7-13-21-14-8-15-22-16-9-17-23-18-19-10-5-3-4-6-11-19/h19-23H,2-18H2,1H3. The molecule has 0 bridgehead atoms. The Balaban J connectivity index is 1.71. The molecule has 4 nitrogen and oxygen atoms in total. The van der Waals surface area contributed by atoms with E-state index < -0.39 is 0 Å². The number of rotatable bonds is 15. The van der Waals surface area contributed by atoms with Crippen molar-refractivity contribution in [3.63, 3.8) is 0 Å². The molecule has 4 heteroatoms. The van der Waals surface area contributed by atoms with Crippen LogP contribution in [-0.2, 0) is 0 Å². The highest BCUT2D eigenvalue weighted by atomic mass is 14.9. The minimum Gasteiger partial charge on any atom is -0.317 e. The molecule has 0 aromatic rings. The van der Waals surface area contributed by atoms with Gasteiger partial charge in [-0.2, -0.15) is 0 Å². The Labute approximate surface area is 145 Å². The third-order valence-electron chi connectivity index (χ3n) is 4.78. The van der Waals surface area contributed by atoms with Gasteiger partial charge in [0.05, 0.1) is 0 Å². The lowest BCUT2D eigenvalue weighted by atomic mass is 10.0. The van der Waals surface area contributed by atoms with E-state index >= 15 is 0 Å². The lowest BCUT2D eigenvalue weighted by Gasteiger charge is -2.14. The summed E-state index contributed by atoms with van der Waals surface area (Å²) in [6.07, 6.45) is 12.5. The molecule has 0 saturated heterocycles. The fraction of sp³-hybridized carbons (Fsp3) is 1.00. The highest BCUT2D eigenvalue weighted by Crippen LogP contribution is 2.21. The van der Waals surface area contributed by atoms with Crippen LogP contribution in [0.5, 0.6) is 0 Å². The maximum Gasteiger partial charge on any atom is -0.00205 e. The van der Waals surface area contributed by atoms with Crippen LogP contribution in [0.1, 0.15) is 64.7 Å². The topological polar surface area (TPSA) is 48.1 Å². The van der Waals surface area contributed by atoms with Gasteiger partial charge < -0.3 is 21.3 Å². The second-order valence-electron chi connectivity index (χ2n) is 6.98. The van der Waals surface area contributed by atoms with Gasteiger partial charge >= 0.3 is 0 Å². The Morgan fingerprint density at radius 1 is 0.609 bits per heavy atom. The normalized spacial score (nSPS) is 16.6. The maximum absolute atomic E-state index is 3.66. The summed E-state index contributed by atoms with van der Waals surface area (Å²) in [5, 5.41) is 14.1. The smallest absolute Gasteiger partial charge is 0.00205 e. The van der Waals surface area contributed by atoms with E-state index in [2.05, 4.69) is 28.2 Å². The molecule has 0 atom stereocenters. The van der Waals surface area contributed by atoms with Crippen LogP contribution in [-0.4, -0.2) is 52.4 Å². The van der Waals surface area contributed by atoms with Gasteiger partial charge in [0.2, 0.25) is 0 Å². The Morgan fingerprint density at radius 2 is 1.09 bits per heavy atom. The number of hydrogen-bond acceptors (Lipinski definition) is 4. The molecule has 1 fully saturated rings. The Bertz CT molecular complexity index is 227. The van der Waals surface area contributed by atoms with Crippen LogP contribution in [0.2, 0.25) is 0 Å². The minimum atomic E-state index is 0.948. The first-order chi connectivity index (χ1) is 11.4. The third kappa shape index (κ3) is 13.9. The van der Waals surface area contributed by atoms with Crippen molar-refractivity contribution in [3.05, 3.63) is 0 Å². The lowest BCUT2D eigenvalue weighted by Crippen LogP contribution is -2.28. The maximum atomic E-state index is 3.66.